The lowest BCUT2D eigenvalue weighted by Crippen LogP contribution is -2.22. The summed E-state index contributed by atoms with van der Waals surface area (Å²) in [6, 6.07) is 17.1. The van der Waals surface area contributed by atoms with Gasteiger partial charge in [0, 0.05) is 23.4 Å². The summed E-state index contributed by atoms with van der Waals surface area (Å²) in [6.45, 7) is 0.238. The number of hydrogen-bond acceptors (Lipinski definition) is 4. The number of thiophene rings is 1. The number of phenols is 1. The highest BCUT2D eigenvalue weighted by atomic mass is 32.1. The van der Waals surface area contributed by atoms with E-state index in [0.717, 1.165) is 0 Å². The number of rotatable bonds is 5. The van der Waals surface area contributed by atoms with E-state index in [0.29, 0.717) is 21.7 Å². The lowest BCUT2D eigenvalue weighted by Gasteiger charge is -2.08. The molecule has 5 nitrogen and oxygen atoms in total. The number of amides is 2. The van der Waals surface area contributed by atoms with Gasteiger partial charge in [0.1, 0.15) is 5.75 Å². The first-order valence-corrected chi connectivity index (χ1v) is 8.51. The first-order chi connectivity index (χ1) is 12.1. The molecule has 25 heavy (non-hydrogen) atoms. The average Bonchev–Trinajstić information content (AvgIpc) is 3.16. The van der Waals surface area contributed by atoms with Gasteiger partial charge in [0.05, 0.1) is 4.88 Å². The Kier molecular flexibility index (Phi) is 5.11. The summed E-state index contributed by atoms with van der Waals surface area (Å²) in [5.41, 5.74) is 1.75. The van der Waals surface area contributed by atoms with Gasteiger partial charge in [-0.1, -0.05) is 24.3 Å². The molecule has 0 spiro atoms. The largest absolute Gasteiger partial charge is 0.508 e. The molecule has 0 saturated heterocycles. The van der Waals surface area contributed by atoms with Gasteiger partial charge in [-0.05, 0) is 41.8 Å². The fraction of sp³-hybridized carbons (Fsp3) is 0.0526. The first kappa shape index (κ1) is 16.7. The Morgan fingerprint density at radius 2 is 1.68 bits per heavy atom. The molecule has 0 aliphatic carbocycles. The molecule has 3 aromatic rings. The number of phenolic OH excluding ortho intramolecular Hbond substituents is 1. The Labute approximate surface area is 148 Å². The van der Waals surface area contributed by atoms with Gasteiger partial charge in [0.25, 0.3) is 11.8 Å². The quantitative estimate of drug-likeness (QED) is 0.656. The van der Waals surface area contributed by atoms with Crippen LogP contribution in [-0.2, 0) is 6.54 Å². The summed E-state index contributed by atoms with van der Waals surface area (Å²) < 4.78 is 0. The summed E-state index contributed by atoms with van der Waals surface area (Å²) in [5, 5.41) is 17.1. The molecule has 6 heteroatoms. The lowest BCUT2D eigenvalue weighted by molar-refractivity contribution is 0.0950. The van der Waals surface area contributed by atoms with Crippen LogP contribution < -0.4 is 10.6 Å². The SMILES string of the molecule is O=C(NCc1ccccc1O)c1ccc(NC(=O)c2cccs2)cc1. The number of nitrogens with one attached hydrogen (secondary N) is 2. The van der Waals surface area contributed by atoms with Crippen molar-refractivity contribution < 1.29 is 14.7 Å². The second-order valence-electron chi connectivity index (χ2n) is 5.32. The topological polar surface area (TPSA) is 78.4 Å². The third-order valence-corrected chi connectivity index (χ3v) is 4.45. The van der Waals surface area contributed by atoms with E-state index in [-0.39, 0.29) is 24.1 Å². The molecule has 0 atom stereocenters. The highest BCUT2D eigenvalue weighted by Gasteiger charge is 2.09. The predicted octanol–water partition coefficient (Wildman–Crippen LogP) is 3.64. The molecular weight excluding hydrogens is 336 g/mol. The summed E-state index contributed by atoms with van der Waals surface area (Å²) in [7, 11) is 0. The number of para-hydroxylation sites is 1. The van der Waals surface area contributed by atoms with E-state index in [1.807, 2.05) is 11.4 Å². The van der Waals surface area contributed by atoms with Gasteiger partial charge in [0.2, 0.25) is 0 Å². The maximum absolute atomic E-state index is 12.2. The molecule has 0 unspecified atom stereocenters. The molecule has 2 aromatic carbocycles. The van der Waals surface area contributed by atoms with Gasteiger partial charge in [-0.15, -0.1) is 11.3 Å². The van der Waals surface area contributed by atoms with Crippen molar-refractivity contribution in [2.24, 2.45) is 0 Å². The van der Waals surface area contributed by atoms with Gasteiger partial charge in [-0.2, -0.15) is 0 Å². The Balaban J connectivity index is 1.59. The minimum absolute atomic E-state index is 0.148. The minimum atomic E-state index is -0.251. The lowest BCUT2D eigenvalue weighted by atomic mass is 10.1. The summed E-state index contributed by atoms with van der Waals surface area (Å²) in [6.07, 6.45) is 0. The number of benzene rings is 2. The summed E-state index contributed by atoms with van der Waals surface area (Å²) in [4.78, 5) is 24.8. The minimum Gasteiger partial charge on any atom is -0.508 e. The van der Waals surface area contributed by atoms with Gasteiger partial charge in [-0.3, -0.25) is 9.59 Å². The molecule has 0 fully saturated rings. The fourth-order valence-corrected chi connectivity index (χ4v) is 2.86. The monoisotopic (exact) mass is 352 g/mol. The van der Waals surface area contributed by atoms with Crippen molar-refractivity contribution in [3.8, 4) is 5.75 Å². The number of hydrogen-bond donors (Lipinski definition) is 3. The predicted molar refractivity (Wildman–Crippen MR) is 98.0 cm³/mol. The maximum atomic E-state index is 12.2. The van der Waals surface area contributed by atoms with E-state index in [9.17, 15) is 14.7 Å². The fourth-order valence-electron chi connectivity index (χ4n) is 2.24. The molecule has 3 rings (SSSR count). The van der Waals surface area contributed by atoms with E-state index in [1.165, 1.54) is 11.3 Å². The zero-order valence-electron chi connectivity index (χ0n) is 13.2. The molecule has 2 amide bonds. The van der Waals surface area contributed by atoms with Gasteiger partial charge in [0.15, 0.2) is 0 Å². The molecule has 0 radical (unpaired) electrons. The molecule has 1 heterocycles. The molecule has 126 valence electrons. The molecular formula is C19H16N2O3S. The van der Waals surface area contributed by atoms with Crippen LogP contribution in [0.2, 0.25) is 0 Å². The van der Waals surface area contributed by atoms with Crippen molar-refractivity contribution in [3.05, 3.63) is 82.0 Å². The Morgan fingerprint density at radius 3 is 2.36 bits per heavy atom. The van der Waals surface area contributed by atoms with E-state index in [4.69, 9.17) is 0 Å². The molecule has 0 aliphatic rings. The third-order valence-electron chi connectivity index (χ3n) is 3.58. The molecule has 0 bridgehead atoms. The highest BCUT2D eigenvalue weighted by Crippen LogP contribution is 2.16. The highest BCUT2D eigenvalue weighted by molar-refractivity contribution is 7.12. The number of carbonyl (C=O) groups is 2. The molecule has 0 aliphatic heterocycles. The van der Waals surface area contributed by atoms with E-state index < -0.39 is 0 Å². The third kappa shape index (κ3) is 4.24. The molecule has 0 saturated carbocycles. The second-order valence-corrected chi connectivity index (χ2v) is 6.27. The number of anilines is 1. The van der Waals surface area contributed by atoms with Crippen LogP contribution in [0, 0.1) is 0 Å². The molecule has 3 N–H and O–H groups in total. The van der Waals surface area contributed by atoms with Crippen LogP contribution in [-0.4, -0.2) is 16.9 Å². The van der Waals surface area contributed by atoms with E-state index >= 15 is 0 Å². The normalized spacial score (nSPS) is 10.2. The summed E-state index contributed by atoms with van der Waals surface area (Å²) >= 11 is 1.37. The van der Waals surface area contributed by atoms with Crippen molar-refractivity contribution in [1.82, 2.24) is 5.32 Å². The van der Waals surface area contributed by atoms with Crippen molar-refractivity contribution in [3.63, 3.8) is 0 Å². The number of carbonyl (C=O) groups excluding carboxylic acids is 2. The van der Waals surface area contributed by atoms with Crippen molar-refractivity contribution in [2.45, 2.75) is 6.54 Å². The summed E-state index contributed by atoms with van der Waals surface area (Å²) in [5.74, 6) is -0.277. The van der Waals surface area contributed by atoms with Crippen LogP contribution in [0.15, 0.2) is 66.0 Å². The van der Waals surface area contributed by atoms with Crippen LogP contribution in [0.25, 0.3) is 0 Å². The zero-order valence-corrected chi connectivity index (χ0v) is 14.0. The smallest absolute Gasteiger partial charge is 0.265 e. The van der Waals surface area contributed by atoms with Crippen LogP contribution >= 0.6 is 11.3 Å². The van der Waals surface area contributed by atoms with Gasteiger partial charge in [-0.25, -0.2) is 0 Å². The van der Waals surface area contributed by atoms with E-state index in [2.05, 4.69) is 10.6 Å². The van der Waals surface area contributed by atoms with Crippen LogP contribution in [0.3, 0.4) is 0 Å². The standard InChI is InChI=1S/C19H16N2O3S/c22-16-5-2-1-4-14(16)12-20-18(23)13-7-9-15(10-8-13)21-19(24)17-6-3-11-25-17/h1-11,22H,12H2,(H,20,23)(H,21,24). The Bertz CT molecular complexity index is 874. The Morgan fingerprint density at radius 1 is 0.920 bits per heavy atom. The average molecular weight is 352 g/mol. The maximum Gasteiger partial charge on any atom is 0.265 e. The Hall–Kier alpha value is -3.12. The van der Waals surface area contributed by atoms with Crippen molar-refractivity contribution in [1.29, 1.82) is 0 Å². The van der Waals surface area contributed by atoms with Crippen LogP contribution in [0.4, 0.5) is 5.69 Å². The van der Waals surface area contributed by atoms with Gasteiger partial charge >= 0.3 is 0 Å². The van der Waals surface area contributed by atoms with Crippen LogP contribution in [0.5, 0.6) is 5.75 Å². The zero-order chi connectivity index (χ0) is 17.6. The van der Waals surface area contributed by atoms with Crippen LogP contribution in [0.1, 0.15) is 25.6 Å². The van der Waals surface area contributed by atoms with Crippen molar-refractivity contribution in [2.75, 3.05) is 5.32 Å². The first-order valence-electron chi connectivity index (χ1n) is 7.63. The number of aromatic hydroxyl groups is 1. The molecule has 1 aromatic heterocycles. The van der Waals surface area contributed by atoms with Gasteiger partial charge < -0.3 is 15.7 Å². The van der Waals surface area contributed by atoms with Crippen molar-refractivity contribution >= 4 is 28.8 Å². The second kappa shape index (κ2) is 7.63. The van der Waals surface area contributed by atoms with E-state index in [1.54, 1.807) is 54.6 Å².